The van der Waals surface area contributed by atoms with Crippen LogP contribution in [0.15, 0.2) is 10.9 Å². The first-order chi connectivity index (χ1) is 11.1. The van der Waals surface area contributed by atoms with Crippen LogP contribution in [0.25, 0.3) is 11.1 Å². The molecule has 7 heteroatoms. The Morgan fingerprint density at radius 1 is 1.48 bits per heavy atom. The predicted molar refractivity (Wildman–Crippen MR) is 87.2 cm³/mol. The molecule has 0 saturated carbocycles. The molecule has 1 saturated heterocycles. The van der Waals surface area contributed by atoms with Gasteiger partial charge in [-0.15, -0.1) is 0 Å². The second-order valence-electron chi connectivity index (χ2n) is 6.31. The summed E-state index contributed by atoms with van der Waals surface area (Å²) in [4.78, 5) is 23.1. The highest BCUT2D eigenvalue weighted by Gasteiger charge is 2.29. The normalized spacial score (nSPS) is 18.6. The third-order valence-electron chi connectivity index (χ3n) is 4.18. The fraction of sp³-hybridized carbons (Fsp3) is 0.625. The predicted octanol–water partition coefficient (Wildman–Crippen LogP) is 1.92. The highest BCUT2D eigenvalue weighted by Crippen LogP contribution is 2.30. The molecule has 0 aliphatic carbocycles. The molecule has 2 aromatic rings. The maximum atomic E-state index is 12.3. The summed E-state index contributed by atoms with van der Waals surface area (Å²) in [5, 5.41) is 7.96. The number of nitrogens with one attached hydrogen (secondary N) is 1. The number of aromatic nitrogens is 3. The summed E-state index contributed by atoms with van der Waals surface area (Å²) >= 11 is 0. The van der Waals surface area contributed by atoms with Crippen molar-refractivity contribution in [3.63, 3.8) is 0 Å². The molecule has 3 rings (SSSR count). The van der Waals surface area contributed by atoms with Crippen LogP contribution in [0.3, 0.4) is 0 Å². The second kappa shape index (κ2) is 6.52. The summed E-state index contributed by atoms with van der Waals surface area (Å²) in [6, 6.07) is 0.161. The average molecular weight is 317 g/mol. The van der Waals surface area contributed by atoms with Crippen LogP contribution in [0, 0.1) is 5.92 Å². The van der Waals surface area contributed by atoms with E-state index in [-0.39, 0.29) is 17.9 Å². The van der Waals surface area contributed by atoms with Gasteiger partial charge in [0.2, 0.25) is 5.91 Å². The Bertz CT molecular complexity index is 697. The Hall–Kier alpha value is -2.18. The van der Waals surface area contributed by atoms with Gasteiger partial charge in [-0.3, -0.25) is 4.79 Å². The van der Waals surface area contributed by atoms with Gasteiger partial charge in [0.1, 0.15) is 17.5 Å². The van der Waals surface area contributed by atoms with Gasteiger partial charge in [-0.05, 0) is 33.1 Å². The molecule has 2 aromatic heterocycles. The van der Waals surface area contributed by atoms with Crippen molar-refractivity contribution in [2.24, 2.45) is 5.92 Å². The average Bonchev–Trinajstić information content (AvgIpc) is 2.97. The highest BCUT2D eigenvalue weighted by molar-refractivity contribution is 5.88. The van der Waals surface area contributed by atoms with Crippen LogP contribution in [-0.4, -0.2) is 40.2 Å². The van der Waals surface area contributed by atoms with Crippen LogP contribution in [0.1, 0.15) is 39.3 Å². The first-order valence-electron chi connectivity index (χ1n) is 8.24. The monoisotopic (exact) mass is 317 g/mol. The Morgan fingerprint density at radius 2 is 2.30 bits per heavy atom. The van der Waals surface area contributed by atoms with E-state index < -0.39 is 0 Å². The van der Waals surface area contributed by atoms with Crippen molar-refractivity contribution in [2.45, 2.75) is 46.1 Å². The standard InChI is InChI=1S/C16H23N5O2/c1-4-12-13-14(17-9-18-16(13)23-20-12)21-7-5-6-11(8-21)15(22)19-10(2)3/h9-11H,4-8H2,1-3H3,(H,19,22). The maximum Gasteiger partial charge on any atom is 0.263 e. The van der Waals surface area contributed by atoms with Gasteiger partial charge in [0.15, 0.2) is 0 Å². The Morgan fingerprint density at radius 3 is 3.04 bits per heavy atom. The zero-order valence-electron chi connectivity index (χ0n) is 13.9. The van der Waals surface area contributed by atoms with E-state index in [2.05, 4.69) is 25.3 Å². The van der Waals surface area contributed by atoms with Crippen molar-refractivity contribution < 1.29 is 9.32 Å². The quantitative estimate of drug-likeness (QED) is 0.927. The van der Waals surface area contributed by atoms with Gasteiger partial charge in [0.05, 0.1) is 11.6 Å². The van der Waals surface area contributed by atoms with Crippen LogP contribution < -0.4 is 10.2 Å². The number of rotatable bonds is 4. The molecule has 1 aliphatic rings. The zero-order valence-corrected chi connectivity index (χ0v) is 13.9. The van der Waals surface area contributed by atoms with Gasteiger partial charge in [-0.1, -0.05) is 12.1 Å². The molecule has 23 heavy (non-hydrogen) atoms. The third kappa shape index (κ3) is 3.13. The Labute approximate surface area is 135 Å². The topological polar surface area (TPSA) is 84.2 Å². The molecule has 7 nitrogen and oxygen atoms in total. The summed E-state index contributed by atoms with van der Waals surface area (Å²) in [5.74, 6) is 0.937. The summed E-state index contributed by atoms with van der Waals surface area (Å²) < 4.78 is 5.29. The minimum absolute atomic E-state index is 0.0129. The molecule has 1 fully saturated rings. The van der Waals surface area contributed by atoms with Crippen LogP contribution in [-0.2, 0) is 11.2 Å². The maximum absolute atomic E-state index is 12.3. The molecule has 1 atom stereocenters. The van der Waals surface area contributed by atoms with E-state index in [0.717, 1.165) is 42.7 Å². The molecule has 0 aromatic carbocycles. The summed E-state index contributed by atoms with van der Waals surface area (Å²) in [7, 11) is 0. The lowest BCUT2D eigenvalue weighted by molar-refractivity contribution is -0.125. The largest absolute Gasteiger partial charge is 0.355 e. The molecule has 124 valence electrons. The molecule has 0 radical (unpaired) electrons. The molecule has 3 heterocycles. The zero-order chi connectivity index (χ0) is 16.4. The number of aryl methyl sites for hydroxylation is 1. The van der Waals surface area contributed by atoms with Crippen molar-refractivity contribution in [1.29, 1.82) is 0 Å². The van der Waals surface area contributed by atoms with E-state index >= 15 is 0 Å². The lowest BCUT2D eigenvalue weighted by atomic mass is 9.96. The molecule has 1 aliphatic heterocycles. The number of carbonyl (C=O) groups is 1. The van der Waals surface area contributed by atoms with E-state index in [1.807, 2.05) is 20.8 Å². The fourth-order valence-electron chi connectivity index (χ4n) is 3.09. The van der Waals surface area contributed by atoms with E-state index in [1.165, 1.54) is 6.33 Å². The number of nitrogens with zero attached hydrogens (tertiary/aromatic N) is 4. The molecule has 0 bridgehead atoms. The van der Waals surface area contributed by atoms with Crippen molar-refractivity contribution in [3.8, 4) is 0 Å². The number of piperidine rings is 1. The number of fused-ring (bicyclic) bond motifs is 1. The van der Waals surface area contributed by atoms with Gasteiger partial charge in [-0.25, -0.2) is 4.98 Å². The number of carbonyl (C=O) groups excluding carboxylic acids is 1. The van der Waals surface area contributed by atoms with Gasteiger partial charge < -0.3 is 14.7 Å². The first kappa shape index (κ1) is 15.7. The van der Waals surface area contributed by atoms with Crippen molar-refractivity contribution in [3.05, 3.63) is 12.0 Å². The summed E-state index contributed by atoms with van der Waals surface area (Å²) in [6.07, 6.45) is 4.14. The molecule has 1 N–H and O–H groups in total. The van der Waals surface area contributed by atoms with E-state index in [0.29, 0.717) is 12.3 Å². The Balaban J connectivity index is 1.87. The van der Waals surface area contributed by atoms with Gasteiger partial charge in [-0.2, -0.15) is 4.98 Å². The van der Waals surface area contributed by atoms with Gasteiger partial charge >= 0.3 is 0 Å². The lowest BCUT2D eigenvalue weighted by Gasteiger charge is -2.33. The second-order valence-corrected chi connectivity index (χ2v) is 6.31. The van der Waals surface area contributed by atoms with Crippen molar-refractivity contribution in [2.75, 3.05) is 18.0 Å². The lowest BCUT2D eigenvalue weighted by Crippen LogP contribution is -2.45. The van der Waals surface area contributed by atoms with Crippen LogP contribution in [0.4, 0.5) is 5.82 Å². The van der Waals surface area contributed by atoms with Gasteiger partial charge in [0, 0.05) is 19.1 Å². The first-order valence-corrected chi connectivity index (χ1v) is 8.24. The van der Waals surface area contributed by atoms with Crippen molar-refractivity contribution in [1.82, 2.24) is 20.4 Å². The fourth-order valence-corrected chi connectivity index (χ4v) is 3.09. The highest BCUT2D eigenvalue weighted by atomic mass is 16.5. The minimum Gasteiger partial charge on any atom is -0.355 e. The smallest absolute Gasteiger partial charge is 0.263 e. The van der Waals surface area contributed by atoms with E-state index in [1.54, 1.807) is 0 Å². The number of hydrogen-bond acceptors (Lipinski definition) is 6. The number of amides is 1. The summed E-state index contributed by atoms with van der Waals surface area (Å²) in [5.41, 5.74) is 1.38. The SMILES string of the molecule is CCc1noc2ncnc(N3CCCC(C(=O)NC(C)C)C3)c12. The number of hydrogen-bond donors (Lipinski definition) is 1. The van der Waals surface area contributed by atoms with Gasteiger partial charge in [0.25, 0.3) is 5.71 Å². The van der Waals surface area contributed by atoms with E-state index in [4.69, 9.17) is 4.52 Å². The van der Waals surface area contributed by atoms with Crippen LogP contribution >= 0.6 is 0 Å². The molecule has 1 unspecified atom stereocenters. The number of anilines is 1. The molecule has 0 spiro atoms. The Kier molecular flexibility index (Phi) is 4.45. The molecule has 1 amide bonds. The minimum atomic E-state index is -0.0129. The van der Waals surface area contributed by atoms with Crippen LogP contribution in [0.5, 0.6) is 0 Å². The van der Waals surface area contributed by atoms with Crippen molar-refractivity contribution >= 4 is 22.8 Å². The van der Waals surface area contributed by atoms with E-state index in [9.17, 15) is 4.79 Å². The third-order valence-corrected chi connectivity index (χ3v) is 4.18. The van der Waals surface area contributed by atoms with Crippen LogP contribution in [0.2, 0.25) is 0 Å². The molecular weight excluding hydrogens is 294 g/mol. The summed E-state index contributed by atoms with van der Waals surface area (Å²) in [6.45, 7) is 7.54. The molecular formula is C16H23N5O2.